The lowest BCUT2D eigenvalue weighted by molar-refractivity contribution is -0.122. The van der Waals surface area contributed by atoms with E-state index in [9.17, 15) is 4.79 Å². The summed E-state index contributed by atoms with van der Waals surface area (Å²) in [7, 11) is 0. The predicted molar refractivity (Wildman–Crippen MR) is 46.0 cm³/mol. The van der Waals surface area contributed by atoms with E-state index in [0.29, 0.717) is 25.7 Å². The van der Waals surface area contributed by atoms with Crippen molar-refractivity contribution in [3.8, 4) is 0 Å². The van der Waals surface area contributed by atoms with Crippen LogP contribution in [0.5, 0.6) is 0 Å². The fraction of sp³-hybridized carbons (Fsp3) is 0.889. The highest BCUT2D eigenvalue weighted by atomic mass is 16.7. The van der Waals surface area contributed by atoms with E-state index in [1.807, 2.05) is 0 Å². The molecule has 1 saturated heterocycles. The van der Waals surface area contributed by atoms with Crippen LogP contribution in [-0.2, 0) is 14.3 Å². The third-order valence-corrected chi connectivity index (χ3v) is 2.32. The first-order valence-corrected chi connectivity index (χ1v) is 4.87. The molecule has 1 heterocycles. The number of rotatable bonds is 4. The third kappa shape index (κ3) is 2.67. The summed E-state index contributed by atoms with van der Waals surface area (Å²) >= 11 is 0. The first-order chi connectivity index (χ1) is 6.36. The van der Waals surface area contributed by atoms with Crippen molar-refractivity contribution in [2.45, 2.75) is 25.6 Å². The minimum absolute atomic E-state index is 0.0977. The maximum Gasteiger partial charge on any atom is 0.223 e. The molecule has 0 atom stereocenters. The standard InChI is InChI=1S/C9H15NO3/c11-9(7-1-2-7)10-4-3-8-12-5-6-13-8/h7-8H,1-6H2,(H,10,11). The second-order valence-corrected chi connectivity index (χ2v) is 3.53. The van der Waals surface area contributed by atoms with Crippen LogP contribution >= 0.6 is 0 Å². The average Bonchev–Trinajstić information content (AvgIpc) is 2.86. The van der Waals surface area contributed by atoms with Gasteiger partial charge in [0.25, 0.3) is 0 Å². The summed E-state index contributed by atoms with van der Waals surface area (Å²) in [6.45, 7) is 2.03. The monoisotopic (exact) mass is 185 g/mol. The Morgan fingerprint density at radius 2 is 2.00 bits per heavy atom. The first kappa shape index (κ1) is 8.97. The Morgan fingerprint density at radius 1 is 1.31 bits per heavy atom. The minimum Gasteiger partial charge on any atom is -0.356 e. The molecule has 0 aromatic heterocycles. The molecule has 13 heavy (non-hydrogen) atoms. The molecular weight excluding hydrogens is 170 g/mol. The summed E-state index contributed by atoms with van der Waals surface area (Å²) in [4.78, 5) is 11.2. The highest BCUT2D eigenvalue weighted by Gasteiger charge is 2.29. The number of hydrogen-bond donors (Lipinski definition) is 1. The molecule has 1 saturated carbocycles. The molecule has 4 heteroatoms. The van der Waals surface area contributed by atoms with Gasteiger partial charge in [0.15, 0.2) is 6.29 Å². The van der Waals surface area contributed by atoms with Crippen molar-refractivity contribution in [1.29, 1.82) is 0 Å². The van der Waals surface area contributed by atoms with E-state index in [-0.39, 0.29) is 12.2 Å². The van der Waals surface area contributed by atoms with E-state index in [4.69, 9.17) is 9.47 Å². The van der Waals surface area contributed by atoms with Crippen LogP contribution in [0.1, 0.15) is 19.3 Å². The van der Waals surface area contributed by atoms with E-state index >= 15 is 0 Å². The Morgan fingerprint density at radius 3 is 2.62 bits per heavy atom. The Balaban J connectivity index is 1.54. The van der Waals surface area contributed by atoms with Crippen LogP contribution in [-0.4, -0.2) is 32.0 Å². The summed E-state index contributed by atoms with van der Waals surface area (Å²) < 4.78 is 10.5. The maximum absolute atomic E-state index is 11.2. The van der Waals surface area contributed by atoms with Gasteiger partial charge in [-0.1, -0.05) is 0 Å². The topological polar surface area (TPSA) is 47.6 Å². The van der Waals surface area contributed by atoms with E-state index < -0.39 is 0 Å². The van der Waals surface area contributed by atoms with Gasteiger partial charge in [-0.15, -0.1) is 0 Å². The van der Waals surface area contributed by atoms with Gasteiger partial charge in [-0.3, -0.25) is 4.79 Å². The number of ether oxygens (including phenoxy) is 2. The van der Waals surface area contributed by atoms with Crippen molar-refractivity contribution in [2.24, 2.45) is 5.92 Å². The molecule has 0 unspecified atom stereocenters. The summed E-state index contributed by atoms with van der Waals surface area (Å²) in [5, 5.41) is 2.87. The molecule has 1 amide bonds. The lowest BCUT2D eigenvalue weighted by Crippen LogP contribution is -2.28. The summed E-state index contributed by atoms with van der Waals surface area (Å²) in [5.41, 5.74) is 0. The molecule has 1 aliphatic carbocycles. The fourth-order valence-electron chi connectivity index (χ4n) is 1.38. The Kier molecular flexibility index (Phi) is 2.80. The Bertz CT molecular complexity index is 185. The summed E-state index contributed by atoms with van der Waals surface area (Å²) in [6, 6.07) is 0. The molecule has 0 bridgehead atoms. The maximum atomic E-state index is 11.2. The van der Waals surface area contributed by atoms with Crippen molar-refractivity contribution in [2.75, 3.05) is 19.8 Å². The smallest absolute Gasteiger partial charge is 0.223 e. The van der Waals surface area contributed by atoms with E-state index in [1.165, 1.54) is 0 Å². The molecule has 2 rings (SSSR count). The molecule has 1 N–H and O–H groups in total. The SMILES string of the molecule is O=C(NCCC1OCCO1)C1CC1. The van der Waals surface area contributed by atoms with Gasteiger partial charge in [-0.05, 0) is 12.8 Å². The van der Waals surface area contributed by atoms with Crippen molar-refractivity contribution in [1.82, 2.24) is 5.32 Å². The third-order valence-electron chi connectivity index (χ3n) is 2.32. The Labute approximate surface area is 77.6 Å². The molecule has 0 spiro atoms. The van der Waals surface area contributed by atoms with Crippen LogP contribution in [0.3, 0.4) is 0 Å². The van der Waals surface area contributed by atoms with E-state index in [0.717, 1.165) is 19.3 Å². The van der Waals surface area contributed by atoms with Gasteiger partial charge in [0.2, 0.25) is 5.91 Å². The van der Waals surface area contributed by atoms with Crippen molar-refractivity contribution in [3.63, 3.8) is 0 Å². The first-order valence-electron chi connectivity index (χ1n) is 4.87. The van der Waals surface area contributed by atoms with Gasteiger partial charge in [0.05, 0.1) is 13.2 Å². The van der Waals surface area contributed by atoms with Crippen LogP contribution in [0.25, 0.3) is 0 Å². The summed E-state index contributed by atoms with van der Waals surface area (Å²) in [5.74, 6) is 0.489. The van der Waals surface area contributed by atoms with E-state index in [2.05, 4.69) is 5.32 Å². The molecular formula is C9H15NO3. The van der Waals surface area contributed by atoms with Crippen molar-refractivity contribution < 1.29 is 14.3 Å². The average molecular weight is 185 g/mol. The lowest BCUT2D eigenvalue weighted by Gasteiger charge is -2.09. The number of carbonyl (C=O) groups excluding carboxylic acids is 1. The van der Waals surface area contributed by atoms with Crippen LogP contribution in [0, 0.1) is 5.92 Å². The number of nitrogens with one attached hydrogen (secondary N) is 1. The predicted octanol–water partition coefficient (Wildman–Crippen LogP) is 0.276. The summed E-state index contributed by atoms with van der Waals surface area (Å²) in [6.07, 6.45) is 2.78. The zero-order valence-corrected chi connectivity index (χ0v) is 7.62. The molecule has 2 aliphatic rings. The van der Waals surface area contributed by atoms with Gasteiger partial charge >= 0.3 is 0 Å². The van der Waals surface area contributed by atoms with Gasteiger partial charge in [-0.25, -0.2) is 0 Å². The molecule has 74 valence electrons. The zero-order valence-electron chi connectivity index (χ0n) is 7.62. The van der Waals surface area contributed by atoms with Crippen LogP contribution in [0.4, 0.5) is 0 Å². The molecule has 0 aromatic rings. The normalized spacial score (nSPS) is 23.4. The highest BCUT2D eigenvalue weighted by Crippen LogP contribution is 2.28. The molecule has 2 fully saturated rings. The molecule has 0 radical (unpaired) electrons. The zero-order chi connectivity index (χ0) is 9.10. The molecule has 0 aromatic carbocycles. The van der Waals surface area contributed by atoms with Gasteiger partial charge in [0.1, 0.15) is 0 Å². The number of hydrogen-bond acceptors (Lipinski definition) is 3. The largest absolute Gasteiger partial charge is 0.356 e. The second-order valence-electron chi connectivity index (χ2n) is 3.53. The lowest BCUT2D eigenvalue weighted by atomic mass is 10.3. The fourth-order valence-corrected chi connectivity index (χ4v) is 1.38. The number of amides is 1. The molecule has 4 nitrogen and oxygen atoms in total. The van der Waals surface area contributed by atoms with Crippen molar-refractivity contribution in [3.05, 3.63) is 0 Å². The van der Waals surface area contributed by atoms with E-state index in [1.54, 1.807) is 0 Å². The number of carbonyl (C=O) groups is 1. The van der Waals surface area contributed by atoms with Gasteiger partial charge in [-0.2, -0.15) is 0 Å². The Hall–Kier alpha value is -0.610. The van der Waals surface area contributed by atoms with Gasteiger partial charge < -0.3 is 14.8 Å². The quantitative estimate of drug-likeness (QED) is 0.684. The van der Waals surface area contributed by atoms with Crippen LogP contribution in [0.2, 0.25) is 0 Å². The second kappa shape index (κ2) is 4.07. The van der Waals surface area contributed by atoms with Crippen LogP contribution in [0.15, 0.2) is 0 Å². The minimum atomic E-state index is -0.0977. The van der Waals surface area contributed by atoms with Gasteiger partial charge in [0, 0.05) is 18.9 Å². The molecule has 1 aliphatic heterocycles. The van der Waals surface area contributed by atoms with Crippen molar-refractivity contribution >= 4 is 5.91 Å². The highest BCUT2D eigenvalue weighted by molar-refractivity contribution is 5.80. The van der Waals surface area contributed by atoms with Crippen LogP contribution < -0.4 is 5.32 Å².